The molecule has 1 atom stereocenters. The number of carboxylic acid groups (broad SMARTS) is 2. The van der Waals surface area contributed by atoms with Crippen LogP contribution >= 0.6 is 11.3 Å². The molecule has 1 saturated heterocycles. The highest BCUT2D eigenvalue weighted by molar-refractivity contribution is 7.89. The maximum atomic E-state index is 12.9. The van der Waals surface area contributed by atoms with Gasteiger partial charge in [-0.2, -0.15) is 4.31 Å². The van der Waals surface area contributed by atoms with E-state index in [-0.39, 0.29) is 24.4 Å². The van der Waals surface area contributed by atoms with Crippen LogP contribution in [0.25, 0.3) is 10.1 Å². The first kappa shape index (κ1) is 16.9. The summed E-state index contributed by atoms with van der Waals surface area (Å²) in [6.45, 7) is -0.340. The third kappa shape index (κ3) is 2.68. The lowest BCUT2D eigenvalue weighted by atomic mass is 9.84. The van der Waals surface area contributed by atoms with Gasteiger partial charge in [0.05, 0.1) is 11.8 Å². The highest BCUT2D eigenvalue weighted by Gasteiger charge is 2.50. The van der Waals surface area contributed by atoms with Gasteiger partial charge in [0.2, 0.25) is 10.0 Å². The van der Waals surface area contributed by atoms with Gasteiger partial charge < -0.3 is 10.2 Å². The van der Waals surface area contributed by atoms with E-state index in [0.717, 1.165) is 9.01 Å². The quantitative estimate of drug-likeness (QED) is 0.832. The number of carboxylic acids is 2. The standard InChI is InChI=1S/C15H15NO6S2/c17-13(18)7-15(14(19)20)5-6-16(9-15)24(21,22)12-8-23-11-4-2-1-3-10(11)12/h1-4,8H,5-7,9H2,(H,17,18)(H,19,20). The Morgan fingerprint density at radius 1 is 1.25 bits per heavy atom. The van der Waals surface area contributed by atoms with E-state index >= 15 is 0 Å². The summed E-state index contributed by atoms with van der Waals surface area (Å²) in [6, 6.07) is 7.07. The van der Waals surface area contributed by atoms with Crippen LogP contribution in [0, 0.1) is 5.41 Å². The zero-order chi connectivity index (χ0) is 17.5. The Labute approximate surface area is 142 Å². The van der Waals surface area contributed by atoms with Crippen LogP contribution < -0.4 is 0 Å². The summed E-state index contributed by atoms with van der Waals surface area (Å²) in [5.41, 5.74) is -1.58. The number of rotatable bonds is 5. The molecule has 3 rings (SSSR count). The Hall–Kier alpha value is -1.97. The van der Waals surface area contributed by atoms with E-state index in [1.165, 1.54) is 16.7 Å². The molecule has 1 fully saturated rings. The SMILES string of the molecule is O=C(O)CC1(C(=O)O)CCN(S(=O)(=O)c2csc3ccccc23)C1. The Morgan fingerprint density at radius 3 is 2.62 bits per heavy atom. The first-order valence-electron chi connectivity index (χ1n) is 7.18. The van der Waals surface area contributed by atoms with Crippen LogP contribution in [-0.2, 0) is 19.6 Å². The Kier molecular flexibility index (Phi) is 4.10. The molecule has 1 aliphatic rings. The largest absolute Gasteiger partial charge is 0.481 e. The molecule has 1 aromatic carbocycles. The van der Waals surface area contributed by atoms with Gasteiger partial charge in [0.25, 0.3) is 0 Å². The second kappa shape index (κ2) is 5.83. The first-order valence-corrected chi connectivity index (χ1v) is 9.50. The molecule has 1 aromatic heterocycles. The van der Waals surface area contributed by atoms with Gasteiger partial charge in [0.1, 0.15) is 4.90 Å². The number of thiophene rings is 1. The third-order valence-corrected chi connectivity index (χ3v) is 7.32. The van der Waals surface area contributed by atoms with Crippen LogP contribution in [0.3, 0.4) is 0 Å². The molecule has 0 bridgehead atoms. The smallest absolute Gasteiger partial charge is 0.311 e. The molecule has 0 saturated carbocycles. The van der Waals surface area contributed by atoms with Gasteiger partial charge in [-0.15, -0.1) is 11.3 Å². The van der Waals surface area contributed by atoms with Crippen molar-refractivity contribution < 1.29 is 28.2 Å². The molecule has 2 aromatic rings. The maximum Gasteiger partial charge on any atom is 0.311 e. The number of fused-ring (bicyclic) bond motifs is 1. The lowest BCUT2D eigenvalue weighted by Crippen LogP contribution is -2.38. The Balaban J connectivity index is 1.97. The number of sulfonamides is 1. The summed E-state index contributed by atoms with van der Waals surface area (Å²) in [6.07, 6.45) is -0.616. The zero-order valence-corrected chi connectivity index (χ0v) is 14.1. The highest BCUT2D eigenvalue weighted by atomic mass is 32.2. The predicted octanol–water partition coefficient (Wildman–Crippen LogP) is 1.84. The Bertz CT molecular complexity index is 919. The maximum absolute atomic E-state index is 12.9. The minimum Gasteiger partial charge on any atom is -0.481 e. The number of nitrogens with zero attached hydrogens (tertiary/aromatic N) is 1. The summed E-state index contributed by atoms with van der Waals surface area (Å²) < 4.78 is 27.7. The van der Waals surface area contributed by atoms with Crippen LogP contribution in [0.5, 0.6) is 0 Å². The predicted molar refractivity (Wildman–Crippen MR) is 87.5 cm³/mol. The van der Waals surface area contributed by atoms with Crippen molar-refractivity contribution >= 4 is 43.4 Å². The van der Waals surface area contributed by atoms with Crippen LogP contribution in [-0.4, -0.2) is 48.0 Å². The fourth-order valence-electron chi connectivity index (χ4n) is 3.02. The summed E-state index contributed by atoms with van der Waals surface area (Å²) in [5, 5.41) is 20.5. The molecule has 7 nitrogen and oxygen atoms in total. The van der Waals surface area contributed by atoms with E-state index < -0.39 is 33.8 Å². The molecule has 0 aliphatic carbocycles. The minimum atomic E-state index is -3.87. The molecule has 128 valence electrons. The number of aliphatic carboxylic acids is 2. The molecule has 24 heavy (non-hydrogen) atoms. The van der Waals surface area contributed by atoms with Gasteiger partial charge >= 0.3 is 11.9 Å². The van der Waals surface area contributed by atoms with Gasteiger partial charge in [-0.25, -0.2) is 8.42 Å². The van der Waals surface area contributed by atoms with E-state index in [9.17, 15) is 23.1 Å². The van der Waals surface area contributed by atoms with Gasteiger partial charge in [0, 0.05) is 28.6 Å². The first-order chi connectivity index (χ1) is 11.3. The summed E-state index contributed by atoms with van der Waals surface area (Å²) >= 11 is 1.30. The molecule has 9 heteroatoms. The van der Waals surface area contributed by atoms with E-state index in [4.69, 9.17) is 5.11 Å². The van der Waals surface area contributed by atoms with E-state index in [2.05, 4.69) is 0 Å². The molecule has 2 heterocycles. The second-order valence-electron chi connectivity index (χ2n) is 5.84. The van der Waals surface area contributed by atoms with Gasteiger partial charge in [-0.3, -0.25) is 9.59 Å². The van der Waals surface area contributed by atoms with Crippen molar-refractivity contribution in [2.75, 3.05) is 13.1 Å². The molecule has 2 N–H and O–H groups in total. The molecule has 1 unspecified atom stereocenters. The monoisotopic (exact) mass is 369 g/mol. The average molecular weight is 369 g/mol. The summed E-state index contributed by atoms with van der Waals surface area (Å²) in [4.78, 5) is 22.7. The van der Waals surface area contributed by atoms with Crippen molar-refractivity contribution in [3.05, 3.63) is 29.6 Å². The van der Waals surface area contributed by atoms with Gasteiger partial charge in [-0.1, -0.05) is 18.2 Å². The molecule has 0 spiro atoms. The summed E-state index contributed by atoms with van der Waals surface area (Å²) in [5.74, 6) is -2.53. The van der Waals surface area contributed by atoms with E-state index in [1.54, 1.807) is 12.1 Å². The third-order valence-electron chi connectivity index (χ3n) is 4.33. The fourth-order valence-corrected chi connectivity index (χ4v) is 6.02. The van der Waals surface area contributed by atoms with E-state index in [0.29, 0.717) is 5.39 Å². The lowest BCUT2D eigenvalue weighted by Gasteiger charge is -2.22. The van der Waals surface area contributed by atoms with Gasteiger partial charge in [-0.05, 0) is 12.5 Å². The highest BCUT2D eigenvalue weighted by Crippen LogP contribution is 2.39. The molecular weight excluding hydrogens is 354 g/mol. The number of hydrogen-bond acceptors (Lipinski definition) is 5. The minimum absolute atomic E-state index is 0.00785. The average Bonchev–Trinajstić information content (AvgIpc) is 3.12. The molecule has 1 aliphatic heterocycles. The Morgan fingerprint density at radius 2 is 1.96 bits per heavy atom. The number of benzene rings is 1. The van der Waals surface area contributed by atoms with Crippen molar-refractivity contribution in [3.63, 3.8) is 0 Å². The molecular formula is C15H15NO6S2. The van der Waals surface area contributed by atoms with Crippen LogP contribution in [0.1, 0.15) is 12.8 Å². The van der Waals surface area contributed by atoms with Gasteiger partial charge in [0.15, 0.2) is 0 Å². The zero-order valence-electron chi connectivity index (χ0n) is 12.5. The fraction of sp³-hybridized carbons (Fsp3) is 0.333. The van der Waals surface area contributed by atoms with Crippen LogP contribution in [0.2, 0.25) is 0 Å². The van der Waals surface area contributed by atoms with Crippen molar-refractivity contribution in [2.45, 2.75) is 17.7 Å². The summed E-state index contributed by atoms with van der Waals surface area (Å²) in [7, 11) is -3.87. The topological polar surface area (TPSA) is 112 Å². The van der Waals surface area contributed by atoms with Crippen molar-refractivity contribution in [2.24, 2.45) is 5.41 Å². The molecule has 0 amide bonds. The van der Waals surface area contributed by atoms with Crippen molar-refractivity contribution in [1.29, 1.82) is 0 Å². The van der Waals surface area contributed by atoms with Crippen molar-refractivity contribution in [3.8, 4) is 0 Å². The normalized spacial score (nSPS) is 22.0. The van der Waals surface area contributed by atoms with Crippen molar-refractivity contribution in [1.82, 2.24) is 4.31 Å². The lowest BCUT2D eigenvalue weighted by molar-refractivity contribution is -0.154. The second-order valence-corrected chi connectivity index (χ2v) is 8.66. The van der Waals surface area contributed by atoms with Crippen LogP contribution in [0.15, 0.2) is 34.5 Å². The number of carbonyl (C=O) groups is 2. The van der Waals surface area contributed by atoms with Crippen LogP contribution in [0.4, 0.5) is 0 Å². The van der Waals surface area contributed by atoms with E-state index in [1.807, 2.05) is 12.1 Å². The number of hydrogen-bond donors (Lipinski definition) is 2. The molecule has 0 radical (unpaired) electrons.